The second-order valence-electron chi connectivity index (χ2n) is 11.3. The highest BCUT2D eigenvalue weighted by Crippen LogP contribution is 2.38. The molecule has 0 aliphatic carbocycles. The van der Waals surface area contributed by atoms with Gasteiger partial charge in [-0.2, -0.15) is 0 Å². The average molecular weight is 605 g/mol. The summed E-state index contributed by atoms with van der Waals surface area (Å²) >= 11 is 0. The number of carbonyl (C=O) groups excluding carboxylic acids is 2. The minimum Gasteiger partial charge on any atom is -0.392 e. The highest BCUT2D eigenvalue weighted by atomic mass is 16.7. The summed E-state index contributed by atoms with van der Waals surface area (Å²) in [6.07, 6.45) is 6.13. The summed E-state index contributed by atoms with van der Waals surface area (Å²) in [5.41, 5.74) is 6.06. The molecular weight excluding hydrogens is 560 g/mol. The second kappa shape index (κ2) is 17.6. The smallest absolute Gasteiger partial charge is 0.243 e. The summed E-state index contributed by atoms with van der Waals surface area (Å²) in [6, 6.07) is 21.4. The quantitative estimate of drug-likeness (QED) is 0.101. The molecule has 4 rings (SSSR count). The first-order valence-electron chi connectivity index (χ1n) is 15.4. The normalized spacial score (nSPS) is 18.2. The van der Waals surface area contributed by atoms with Crippen molar-refractivity contribution >= 4 is 17.5 Å². The van der Waals surface area contributed by atoms with Crippen LogP contribution < -0.4 is 10.8 Å². The van der Waals surface area contributed by atoms with Crippen LogP contribution in [0, 0.1) is 0 Å². The van der Waals surface area contributed by atoms with Gasteiger partial charge in [0.25, 0.3) is 0 Å². The maximum Gasteiger partial charge on any atom is 0.243 e. The molecule has 44 heavy (non-hydrogen) atoms. The highest BCUT2D eigenvalue weighted by molar-refractivity contribution is 5.90. The molecule has 1 saturated heterocycles. The zero-order valence-electron chi connectivity index (χ0n) is 25.4. The molecule has 3 atom stereocenters. The van der Waals surface area contributed by atoms with Crippen molar-refractivity contribution in [3.63, 3.8) is 0 Å². The van der Waals surface area contributed by atoms with Gasteiger partial charge in [-0.3, -0.25) is 19.8 Å². The van der Waals surface area contributed by atoms with Crippen molar-refractivity contribution < 1.29 is 29.4 Å². The lowest BCUT2D eigenvalue weighted by atomic mass is 9.99. The largest absolute Gasteiger partial charge is 0.392 e. The molecule has 2 heterocycles. The van der Waals surface area contributed by atoms with Crippen molar-refractivity contribution in [3.05, 3.63) is 95.3 Å². The molecule has 3 aromatic rings. The van der Waals surface area contributed by atoms with Crippen molar-refractivity contribution in [2.75, 3.05) is 25.5 Å². The van der Waals surface area contributed by atoms with E-state index >= 15 is 0 Å². The van der Waals surface area contributed by atoms with Crippen LogP contribution in [0.15, 0.2) is 72.9 Å². The maximum atomic E-state index is 12.6. The zero-order valence-corrected chi connectivity index (χ0v) is 25.4. The van der Waals surface area contributed by atoms with Crippen molar-refractivity contribution in [2.45, 2.75) is 76.5 Å². The molecule has 0 saturated carbocycles. The Bertz CT molecular complexity index is 1310. The molecular formula is C34H44N4O6. The van der Waals surface area contributed by atoms with Gasteiger partial charge in [-0.1, -0.05) is 55.3 Å². The Balaban J connectivity index is 1.37. The van der Waals surface area contributed by atoms with E-state index in [1.165, 1.54) is 0 Å². The number of nitrogens with one attached hydrogen (secondary N) is 2. The molecule has 1 aliphatic heterocycles. The Kier molecular flexibility index (Phi) is 13.3. The van der Waals surface area contributed by atoms with Crippen LogP contribution in [-0.2, 0) is 32.1 Å². The zero-order chi connectivity index (χ0) is 31.1. The van der Waals surface area contributed by atoms with Gasteiger partial charge in [-0.05, 0) is 55.3 Å². The molecule has 0 unspecified atom stereocenters. The van der Waals surface area contributed by atoms with E-state index in [0.717, 1.165) is 54.7 Å². The molecule has 0 bridgehead atoms. The number of nitrogens with zero attached hydrogens (tertiary/aromatic N) is 2. The summed E-state index contributed by atoms with van der Waals surface area (Å²) < 4.78 is 13.0. The van der Waals surface area contributed by atoms with E-state index in [1.54, 1.807) is 5.48 Å². The maximum absolute atomic E-state index is 12.6. The molecule has 0 spiro atoms. The number of carbonyl (C=O) groups is 2. The van der Waals surface area contributed by atoms with Crippen molar-refractivity contribution in [3.8, 4) is 0 Å². The first-order valence-corrected chi connectivity index (χ1v) is 15.4. The number of ether oxygens (including phenoxy) is 2. The van der Waals surface area contributed by atoms with E-state index in [2.05, 4.69) is 22.2 Å². The van der Waals surface area contributed by atoms with Gasteiger partial charge in [0.15, 0.2) is 6.29 Å². The minimum absolute atomic E-state index is 0.0108. The van der Waals surface area contributed by atoms with Gasteiger partial charge >= 0.3 is 0 Å². The molecule has 1 fully saturated rings. The van der Waals surface area contributed by atoms with Crippen LogP contribution >= 0.6 is 0 Å². The molecule has 1 aromatic heterocycles. The van der Waals surface area contributed by atoms with E-state index in [9.17, 15) is 14.7 Å². The SMILES string of the molecule is CN(CCc1ccccn1)C[C@@H]1C[C@H](c2ccc(CO)cc2)O[C@H](c2cccc(NC(=O)CCCCCCC(=O)NO)c2)O1. The van der Waals surface area contributed by atoms with Crippen molar-refractivity contribution in [2.24, 2.45) is 0 Å². The van der Waals surface area contributed by atoms with Crippen LogP contribution in [0.2, 0.25) is 0 Å². The number of unbranched alkanes of at least 4 members (excludes halogenated alkanes) is 3. The third-order valence-corrected chi connectivity index (χ3v) is 7.73. The predicted molar refractivity (Wildman–Crippen MR) is 167 cm³/mol. The lowest BCUT2D eigenvalue weighted by Crippen LogP contribution is -2.38. The number of amides is 2. The third-order valence-electron chi connectivity index (χ3n) is 7.73. The molecule has 0 radical (unpaired) electrons. The fourth-order valence-corrected chi connectivity index (χ4v) is 5.29. The Morgan fingerprint density at radius 2 is 1.70 bits per heavy atom. The van der Waals surface area contributed by atoms with E-state index in [0.29, 0.717) is 31.4 Å². The number of rotatable bonds is 16. The lowest BCUT2D eigenvalue weighted by molar-refractivity contribution is -0.252. The van der Waals surface area contributed by atoms with Gasteiger partial charge in [0.1, 0.15) is 0 Å². The van der Waals surface area contributed by atoms with E-state index in [-0.39, 0.29) is 31.1 Å². The number of aliphatic hydroxyl groups is 1. The number of aromatic nitrogens is 1. The third kappa shape index (κ3) is 10.8. The van der Waals surface area contributed by atoms with E-state index < -0.39 is 12.2 Å². The standard InChI is InChI=1S/C34H44N4O6/c1-38(20-18-28-10-6-7-19-35-28)23-30-22-31(26-16-14-25(24-39)15-17-26)44-34(43-30)27-9-8-11-29(21-27)36-32(40)12-4-2-3-5-13-33(41)37-42/h6-11,14-17,19,21,30-31,34,39,42H,2-5,12-13,18,20,22-24H2,1H3,(H,36,40)(H,37,41)/t30-,31+,34+/m0/s1. The highest BCUT2D eigenvalue weighted by Gasteiger charge is 2.33. The van der Waals surface area contributed by atoms with E-state index in [1.807, 2.05) is 72.9 Å². The fourth-order valence-electron chi connectivity index (χ4n) is 5.29. The molecule has 236 valence electrons. The molecule has 2 aromatic carbocycles. The molecule has 1 aliphatic rings. The van der Waals surface area contributed by atoms with Crippen molar-refractivity contribution in [1.82, 2.24) is 15.4 Å². The Labute approximate surface area is 259 Å². The van der Waals surface area contributed by atoms with Crippen molar-refractivity contribution in [1.29, 1.82) is 0 Å². The lowest BCUT2D eigenvalue weighted by Gasteiger charge is -2.38. The van der Waals surface area contributed by atoms with Gasteiger partial charge in [0, 0.05) is 61.9 Å². The van der Waals surface area contributed by atoms with Gasteiger partial charge in [-0.15, -0.1) is 0 Å². The fraction of sp³-hybridized carbons (Fsp3) is 0.441. The Morgan fingerprint density at radius 3 is 2.41 bits per heavy atom. The van der Waals surface area contributed by atoms with Crippen LogP contribution in [0.3, 0.4) is 0 Å². The summed E-state index contributed by atoms with van der Waals surface area (Å²) in [6.45, 7) is 1.56. The van der Waals surface area contributed by atoms with E-state index in [4.69, 9.17) is 14.7 Å². The molecule has 10 heteroatoms. The summed E-state index contributed by atoms with van der Waals surface area (Å²) in [4.78, 5) is 30.4. The second-order valence-corrected chi connectivity index (χ2v) is 11.3. The number of pyridine rings is 1. The van der Waals surface area contributed by atoms with Gasteiger partial charge in [0.2, 0.25) is 11.8 Å². The number of aliphatic hydroxyl groups excluding tert-OH is 1. The topological polar surface area (TPSA) is 133 Å². The van der Waals surface area contributed by atoms with Crippen LogP contribution in [0.5, 0.6) is 0 Å². The van der Waals surface area contributed by atoms with Gasteiger partial charge in [0.05, 0.1) is 18.8 Å². The number of likely N-dealkylation sites (N-methyl/N-ethyl adjacent to an activating group) is 1. The van der Waals surface area contributed by atoms with Crippen LogP contribution in [-0.4, -0.2) is 58.3 Å². The number of anilines is 1. The van der Waals surface area contributed by atoms with Crippen LogP contribution in [0.4, 0.5) is 5.69 Å². The number of hydrogen-bond acceptors (Lipinski definition) is 8. The number of benzene rings is 2. The molecule has 2 amide bonds. The molecule has 10 nitrogen and oxygen atoms in total. The Hall–Kier alpha value is -3.67. The minimum atomic E-state index is -0.617. The average Bonchev–Trinajstić information content (AvgIpc) is 3.05. The van der Waals surface area contributed by atoms with Crippen LogP contribution in [0.25, 0.3) is 0 Å². The monoisotopic (exact) mass is 604 g/mol. The molecule has 4 N–H and O–H groups in total. The number of hydrogen-bond donors (Lipinski definition) is 4. The van der Waals surface area contributed by atoms with Crippen LogP contribution in [0.1, 0.15) is 79.7 Å². The summed E-state index contributed by atoms with van der Waals surface area (Å²) in [5.74, 6) is -0.464. The number of hydroxylamine groups is 1. The van der Waals surface area contributed by atoms with Gasteiger partial charge < -0.3 is 24.8 Å². The predicted octanol–water partition coefficient (Wildman–Crippen LogP) is 5.08. The first kappa shape index (κ1) is 33.2. The summed E-state index contributed by atoms with van der Waals surface area (Å²) in [5, 5.41) is 21.0. The van der Waals surface area contributed by atoms with Gasteiger partial charge in [-0.25, -0.2) is 5.48 Å². The first-order chi connectivity index (χ1) is 21.4. The Morgan fingerprint density at radius 1 is 0.932 bits per heavy atom. The summed E-state index contributed by atoms with van der Waals surface area (Å²) in [7, 11) is 2.09.